The average Bonchev–Trinajstić information content (AvgIpc) is 2.86. The third-order valence-corrected chi connectivity index (χ3v) is 5.02. The summed E-state index contributed by atoms with van der Waals surface area (Å²) in [7, 11) is 0. The molecule has 0 N–H and O–H groups in total. The Morgan fingerprint density at radius 2 is 2.16 bits per heavy atom. The van der Waals surface area contributed by atoms with Crippen LogP contribution in [0.1, 0.15) is 52.7 Å². The number of alkyl halides is 1. The Balaban J connectivity index is 2.09. The number of amides is 1. The molecule has 2 nitrogen and oxygen atoms in total. The molecule has 2 rings (SSSR count). The summed E-state index contributed by atoms with van der Waals surface area (Å²) in [6, 6.07) is 2.12. The Kier molecular flexibility index (Phi) is 5.71. The summed E-state index contributed by atoms with van der Waals surface area (Å²) < 4.78 is 0. The molecular weight excluding hydrogens is 278 g/mol. The van der Waals surface area contributed by atoms with E-state index >= 15 is 0 Å². The minimum atomic E-state index is 0.175. The first-order chi connectivity index (χ1) is 9.26. The number of carbonyl (C=O) groups is 1. The lowest BCUT2D eigenvalue weighted by molar-refractivity contribution is 0.0768. The van der Waals surface area contributed by atoms with Crippen LogP contribution in [-0.2, 0) is 12.8 Å². The van der Waals surface area contributed by atoms with Gasteiger partial charge in [-0.05, 0) is 43.7 Å². The maximum atomic E-state index is 12.5. The molecule has 4 heteroatoms. The van der Waals surface area contributed by atoms with Gasteiger partial charge >= 0.3 is 0 Å². The van der Waals surface area contributed by atoms with Crippen molar-refractivity contribution < 1.29 is 4.79 Å². The van der Waals surface area contributed by atoms with Crippen LogP contribution in [0.5, 0.6) is 0 Å². The topological polar surface area (TPSA) is 20.3 Å². The van der Waals surface area contributed by atoms with Crippen LogP contribution in [0.15, 0.2) is 6.07 Å². The number of thiophene rings is 1. The molecule has 1 aromatic heterocycles. The van der Waals surface area contributed by atoms with Gasteiger partial charge in [0.15, 0.2) is 0 Å². The minimum Gasteiger partial charge on any atom is -0.337 e. The predicted molar refractivity (Wildman–Crippen MR) is 82.5 cm³/mol. The number of aryl methyl sites for hydroxylation is 2. The molecule has 0 spiro atoms. The largest absolute Gasteiger partial charge is 0.337 e. The highest BCUT2D eigenvalue weighted by molar-refractivity contribution is 7.14. The van der Waals surface area contributed by atoms with Crippen LogP contribution in [0.2, 0.25) is 0 Å². The highest BCUT2D eigenvalue weighted by atomic mass is 35.5. The van der Waals surface area contributed by atoms with Crippen LogP contribution in [0.3, 0.4) is 0 Å². The SMILES string of the molecule is CCCCN(CCCl)C(=O)c1cc2c(s1)CCCC2. The molecule has 1 heterocycles. The second-order valence-corrected chi connectivity index (χ2v) is 6.62. The molecule has 0 atom stereocenters. The lowest BCUT2D eigenvalue weighted by atomic mass is 9.99. The van der Waals surface area contributed by atoms with Gasteiger partial charge in [0.25, 0.3) is 5.91 Å². The van der Waals surface area contributed by atoms with Crippen LogP contribution in [0.4, 0.5) is 0 Å². The van der Waals surface area contributed by atoms with E-state index in [2.05, 4.69) is 13.0 Å². The van der Waals surface area contributed by atoms with Crippen LogP contribution < -0.4 is 0 Å². The van der Waals surface area contributed by atoms with Crippen molar-refractivity contribution >= 4 is 28.8 Å². The van der Waals surface area contributed by atoms with Crippen molar-refractivity contribution in [3.8, 4) is 0 Å². The maximum absolute atomic E-state index is 12.5. The maximum Gasteiger partial charge on any atom is 0.263 e. The molecule has 1 amide bonds. The Labute approximate surface area is 124 Å². The van der Waals surface area contributed by atoms with E-state index in [1.54, 1.807) is 11.3 Å². The smallest absolute Gasteiger partial charge is 0.263 e. The third-order valence-electron chi connectivity index (χ3n) is 3.63. The quantitative estimate of drug-likeness (QED) is 0.724. The van der Waals surface area contributed by atoms with Crippen molar-refractivity contribution in [2.45, 2.75) is 45.4 Å². The van der Waals surface area contributed by atoms with E-state index in [9.17, 15) is 4.79 Å². The fourth-order valence-electron chi connectivity index (χ4n) is 2.52. The van der Waals surface area contributed by atoms with E-state index in [-0.39, 0.29) is 5.91 Å². The normalized spacial score (nSPS) is 14.2. The molecule has 0 radical (unpaired) electrons. The van der Waals surface area contributed by atoms with Gasteiger partial charge in [-0.3, -0.25) is 4.79 Å². The van der Waals surface area contributed by atoms with Gasteiger partial charge in [0.1, 0.15) is 0 Å². The summed E-state index contributed by atoms with van der Waals surface area (Å²) in [5.41, 5.74) is 1.40. The molecule has 0 unspecified atom stereocenters. The van der Waals surface area contributed by atoms with Gasteiger partial charge in [-0.25, -0.2) is 0 Å². The molecule has 1 aromatic rings. The van der Waals surface area contributed by atoms with E-state index in [1.807, 2.05) is 4.90 Å². The predicted octanol–water partition coefficient (Wildman–Crippen LogP) is 4.11. The summed E-state index contributed by atoms with van der Waals surface area (Å²) in [5, 5.41) is 0. The molecule has 0 aromatic carbocycles. The van der Waals surface area contributed by atoms with Crippen LogP contribution >= 0.6 is 22.9 Å². The number of carbonyl (C=O) groups excluding carboxylic acids is 1. The summed E-state index contributed by atoms with van der Waals surface area (Å²) >= 11 is 7.51. The lowest BCUT2D eigenvalue weighted by Crippen LogP contribution is -2.33. The number of hydrogen-bond acceptors (Lipinski definition) is 2. The Morgan fingerprint density at radius 3 is 2.84 bits per heavy atom. The van der Waals surface area contributed by atoms with E-state index in [0.717, 1.165) is 37.1 Å². The monoisotopic (exact) mass is 299 g/mol. The van der Waals surface area contributed by atoms with Gasteiger partial charge in [0.05, 0.1) is 4.88 Å². The van der Waals surface area contributed by atoms with Gasteiger partial charge in [0.2, 0.25) is 0 Å². The zero-order valence-corrected chi connectivity index (χ0v) is 13.2. The first kappa shape index (κ1) is 14.9. The average molecular weight is 300 g/mol. The van der Waals surface area contributed by atoms with E-state index < -0.39 is 0 Å². The Bertz CT molecular complexity index is 406. The van der Waals surface area contributed by atoms with Gasteiger partial charge in [-0.1, -0.05) is 13.3 Å². The van der Waals surface area contributed by atoms with Crippen LogP contribution in [0.25, 0.3) is 0 Å². The highest BCUT2D eigenvalue weighted by Gasteiger charge is 2.20. The zero-order valence-electron chi connectivity index (χ0n) is 11.6. The van der Waals surface area contributed by atoms with Gasteiger partial charge in [0, 0.05) is 23.8 Å². The van der Waals surface area contributed by atoms with Crippen molar-refractivity contribution in [2.24, 2.45) is 0 Å². The lowest BCUT2D eigenvalue weighted by Gasteiger charge is -2.20. The summed E-state index contributed by atoms with van der Waals surface area (Å²) in [4.78, 5) is 16.8. The zero-order chi connectivity index (χ0) is 13.7. The molecular formula is C15H22ClNOS. The summed E-state index contributed by atoms with van der Waals surface area (Å²) in [6.07, 6.45) is 6.98. The first-order valence-corrected chi connectivity index (χ1v) is 8.58. The molecule has 0 aliphatic heterocycles. The van der Waals surface area contributed by atoms with Crippen molar-refractivity contribution in [3.63, 3.8) is 0 Å². The highest BCUT2D eigenvalue weighted by Crippen LogP contribution is 2.30. The van der Waals surface area contributed by atoms with Crippen molar-refractivity contribution in [1.29, 1.82) is 0 Å². The van der Waals surface area contributed by atoms with Crippen LogP contribution in [0, 0.1) is 0 Å². The third kappa shape index (κ3) is 3.73. The second-order valence-electron chi connectivity index (χ2n) is 5.10. The molecule has 0 saturated carbocycles. The number of unbranched alkanes of at least 4 members (excludes halogenated alkanes) is 1. The minimum absolute atomic E-state index is 0.175. The van der Waals surface area contributed by atoms with Crippen molar-refractivity contribution in [3.05, 3.63) is 21.4 Å². The standard InChI is InChI=1S/C15H22ClNOS/c1-2-3-9-17(10-8-16)15(18)14-11-12-6-4-5-7-13(12)19-14/h11H,2-10H2,1H3. The summed E-state index contributed by atoms with van der Waals surface area (Å²) in [6.45, 7) is 3.63. The van der Waals surface area contributed by atoms with Crippen LogP contribution in [-0.4, -0.2) is 29.8 Å². The molecule has 1 aliphatic carbocycles. The summed E-state index contributed by atoms with van der Waals surface area (Å²) in [5.74, 6) is 0.689. The van der Waals surface area contributed by atoms with Gasteiger partial charge in [-0.15, -0.1) is 22.9 Å². The van der Waals surface area contributed by atoms with E-state index in [4.69, 9.17) is 11.6 Å². The number of fused-ring (bicyclic) bond motifs is 1. The number of hydrogen-bond donors (Lipinski definition) is 0. The number of halogens is 1. The molecule has 19 heavy (non-hydrogen) atoms. The first-order valence-electron chi connectivity index (χ1n) is 7.23. The molecule has 0 saturated heterocycles. The molecule has 1 aliphatic rings. The fraction of sp³-hybridized carbons (Fsp3) is 0.667. The van der Waals surface area contributed by atoms with E-state index in [1.165, 1.54) is 23.3 Å². The Morgan fingerprint density at radius 1 is 1.37 bits per heavy atom. The van der Waals surface area contributed by atoms with E-state index in [0.29, 0.717) is 12.4 Å². The Hall–Kier alpha value is -0.540. The fourth-order valence-corrected chi connectivity index (χ4v) is 3.94. The number of rotatable bonds is 6. The van der Waals surface area contributed by atoms with Crippen molar-refractivity contribution in [1.82, 2.24) is 4.90 Å². The van der Waals surface area contributed by atoms with Crippen molar-refractivity contribution in [2.75, 3.05) is 19.0 Å². The number of nitrogens with zero attached hydrogens (tertiary/aromatic N) is 1. The molecule has 106 valence electrons. The molecule has 0 fully saturated rings. The molecule has 0 bridgehead atoms. The van der Waals surface area contributed by atoms with Gasteiger partial charge < -0.3 is 4.90 Å². The van der Waals surface area contributed by atoms with Gasteiger partial charge in [-0.2, -0.15) is 0 Å². The second kappa shape index (κ2) is 7.30.